The number of thioether (sulfide) groups is 2. The summed E-state index contributed by atoms with van der Waals surface area (Å²) in [5.41, 5.74) is 0.934. The Balaban J connectivity index is 1.80. The smallest absolute Gasteiger partial charge is 0.277 e. The highest BCUT2D eigenvalue weighted by Crippen LogP contribution is 2.36. The van der Waals surface area contributed by atoms with Crippen molar-refractivity contribution in [3.05, 3.63) is 41.8 Å². The number of hydrogen-bond donors (Lipinski definition) is 0. The predicted molar refractivity (Wildman–Crippen MR) is 94.0 cm³/mol. The molecule has 0 saturated carbocycles. The first kappa shape index (κ1) is 17.3. The summed E-state index contributed by atoms with van der Waals surface area (Å²) in [6.45, 7) is 2.39. The van der Waals surface area contributed by atoms with E-state index >= 15 is 0 Å². The largest absolute Gasteiger partial charge is 0.415 e. The second kappa shape index (κ2) is 8.55. The molecule has 0 N–H and O–H groups in total. The topological polar surface area (TPSA) is 68.5 Å². The third-order valence-electron chi connectivity index (χ3n) is 3.58. The van der Waals surface area contributed by atoms with Crippen LogP contribution in [0.5, 0.6) is 0 Å². The molecule has 2 aromatic rings. The molecule has 24 heavy (non-hydrogen) atoms. The normalized spacial score (nSPS) is 16.1. The zero-order valence-electron chi connectivity index (χ0n) is 13.4. The molecule has 1 aliphatic heterocycles. The van der Waals surface area contributed by atoms with Crippen LogP contribution in [0.1, 0.15) is 16.7 Å². The summed E-state index contributed by atoms with van der Waals surface area (Å²) in [7, 11) is 0. The summed E-state index contributed by atoms with van der Waals surface area (Å²) >= 11 is 2.93. The summed E-state index contributed by atoms with van der Waals surface area (Å²) in [6, 6.07) is 9.71. The van der Waals surface area contributed by atoms with E-state index in [4.69, 9.17) is 9.15 Å². The molecule has 0 bridgehead atoms. The first-order valence-electron chi connectivity index (χ1n) is 7.67. The lowest BCUT2D eigenvalue weighted by atomic mass is 10.1. The molecule has 1 aromatic carbocycles. The average Bonchev–Trinajstić information content (AvgIpc) is 3.08. The van der Waals surface area contributed by atoms with Gasteiger partial charge in [0.25, 0.3) is 5.22 Å². The van der Waals surface area contributed by atoms with Crippen LogP contribution >= 0.6 is 23.5 Å². The van der Waals surface area contributed by atoms with Crippen LogP contribution in [0.3, 0.4) is 0 Å². The molecule has 128 valence electrons. The highest BCUT2D eigenvalue weighted by atomic mass is 32.2. The molecule has 0 aliphatic carbocycles. The van der Waals surface area contributed by atoms with E-state index in [0.29, 0.717) is 43.2 Å². The molecule has 2 heterocycles. The van der Waals surface area contributed by atoms with Gasteiger partial charge in [0.1, 0.15) is 5.25 Å². The van der Waals surface area contributed by atoms with Gasteiger partial charge in [-0.15, -0.1) is 10.2 Å². The fourth-order valence-corrected chi connectivity index (χ4v) is 3.75. The molecule has 1 aliphatic rings. The number of amides is 1. The molecule has 1 amide bonds. The SMILES string of the molecule is CSCc1nnc(SC(C(=O)N2CCOCC2)c2ccccc2)o1. The average molecular weight is 365 g/mol. The molecule has 1 saturated heterocycles. The van der Waals surface area contributed by atoms with Crippen LogP contribution in [0.4, 0.5) is 0 Å². The molecule has 3 rings (SSSR count). The van der Waals surface area contributed by atoms with E-state index in [-0.39, 0.29) is 5.91 Å². The minimum absolute atomic E-state index is 0.0547. The first-order valence-corrected chi connectivity index (χ1v) is 9.94. The Morgan fingerprint density at radius 1 is 1.25 bits per heavy atom. The van der Waals surface area contributed by atoms with Crippen molar-refractivity contribution in [3.8, 4) is 0 Å². The van der Waals surface area contributed by atoms with Crippen LogP contribution in [0.15, 0.2) is 40.0 Å². The Labute approximate surface area is 149 Å². The van der Waals surface area contributed by atoms with Gasteiger partial charge in [-0.05, 0) is 23.6 Å². The molecule has 6 nitrogen and oxygen atoms in total. The van der Waals surface area contributed by atoms with Crippen molar-refractivity contribution in [3.63, 3.8) is 0 Å². The van der Waals surface area contributed by atoms with Gasteiger partial charge < -0.3 is 14.1 Å². The van der Waals surface area contributed by atoms with E-state index in [1.54, 1.807) is 11.8 Å². The Morgan fingerprint density at radius 3 is 2.71 bits per heavy atom. The molecule has 1 aromatic heterocycles. The van der Waals surface area contributed by atoms with Crippen LogP contribution in [-0.4, -0.2) is 53.6 Å². The lowest BCUT2D eigenvalue weighted by molar-refractivity contribution is -0.134. The lowest BCUT2D eigenvalue weighted by Crippen LogP contribution is -2.42. The minimum atomic E-state index is -0.396. The van der Waals surface area contributed by atoms with E-state index in [0.717, 1.165) is 5.56 Å². The molecule has 0 spiro atoms. The Hall–Kier alpha value is -1.51. The van der Waals surface area contributed by atoms with Crippen molar-refractivity contribution in [1.29, 1.82) is 0 Å². The van der Waals surface area contributed by atoms with E-state index < -0.39 is 5.25 Å². The zero-order chi connectivity index (χ0) is 16.8. The predicted octanol–water partition coefficient (Wildman–Crippen LogP) is 2.62. The Kier molecular flexibility index (Phi) is 6.17. The fourth-order valence-electron chi connectivity index (χ4n) is 2.41. The number of benzene rings is 1. The van der Waals surface area contributed by atoms with Crippen LogP contribution < -0.4 is 0 Å². The molecular weight excluding hydrogens is 346 g/mol. The number of rotatable bonds is 6. The maximum Gasteiger partial charge on any atom is 0.277 e. The van der Waals surface area contributed by atoms with Crippen molar-refractivity contribution in [2.45, 2.75) is 16.2 Å². The summed E-state index contributed by atoms with van der Waals surface area (Å²) < 4.78 is 11.0. The number of hydrogen-bond acceptors (Lipinski definition) is 7. The maximum atomic E-state index is 13.0. The third-order valence-corrected chi connectivity index (χ3v) is 5.20. The third kappa shape index (κ3) is 4.31. The quantitative estimate of drug-likeness (QED) is 0.729. The van der Waals surface area contributed by atoms with Gasteiger partial charge in [-0.2, -0.15) is 11.8 Å². The van der Waals surface area contributed by atoms with Gasteiger partial charge in [-0.3, -0.25) is 4.79 Å². The number of morpholine rings is 1. The Morgan fingerprint density at radius 2 is 2.00 bits per heavy atom. The Bertz CT molecular complexity index is 660. The number of nitrogens with zero attached hydrogens (tertiary/aromatic N) is 3. The van der Waals surface area contributed by atoms with Gasteiger partial charge in [-0.25, -0.2) is 0 Å². The van der Waals surface area contributed by atoms with Gasteiger partial charge >= 0.3 is 0 Å². The highest BCUT2D eigenvalue weighted by Gasteiger charge is 2.29. The fraction of sp³-hybridized carbons (Fsp3) is 0.438. The van der Waals surface area contributed by atoms with Crippen molar-refractivity contribution in [2.24, 2.45) is 0 Å². The van der Waals surface area contributed by atoms with Crippen molar-refractivity contribution < 1.29 is 13.9 Å². The number of carbonyl (C=O) groups is 1. The zero-order valence-corrected chi connectivity index (χ0v) is 15.0. The van der Waals surface area contributed by atoms with Crippen LogP contribution in [0.2, 0.25) is 0 Å². The molecule has 1 atom stereocenters. The van der Waals surface area contributed by atoms with E-state index in [1.165, 1.54) is 11.8 Å². The first-order chi connectivity index (χ1) is 11.8. The molecular formula is C16H19N3O3S2. The molecule has 0 radical (unpaired) electrons. The van der Waals surface area contributed by atoms with Gasteiger partial charge in [0.15, 0.2) is 0 Å². The van der Waals surface area contributed by atoms with Crippen molar-refractivity contribution >= 4 is 29.4 Å². The number of aromatic nitrogens is 2. The van der Waals surface area contributed by atoms with Gasteiger partial charge in [-0.1, -0.05) is 30.3 Å². The minimum Gasteiger partial charge on any atom is -0.415 e. The second-order valence-electron chi connectivity index (χ2n) is 5.24. The van der Waals surface area contributed by atoms with Crippen LogP contribution in [0, 0.1) is 0 Å². The van der Waals surface area contributed by atoms with Gasteiger partial charge in [0.05, 0.1) is 19.0 Å². The lowest BCUT2D eigenvalue weighted by Gasteiger charge is -2.29. The molecule has 8 heteroatoms. The second-order valence-corrected chi connectivity index (χ2v) is 7.16. The van der Waals surface area contributed by atoms with E-state index in [2.05, 4.69) is 10.2 Å². The highest BCUT2D eigenvalue weighted by molar-refractivity contribution is 8.00. The van der Waals surface area contributed by atoms with Gasteiger partial charge in [0, 0.05) is 13.1 Å². The molecule has 1 fully saturated rings. The summed E-state index contributed by atoms with van der Waals surface area (Å²) in [6.07, 6.45) is 1.98. The molecule has 1 unspecified atom stereocenters. The number of ether oxygens (including phenoxy) is 1. The van der Waals surface area contributed by atoms with Crippen molar-refractivity contribution in [1.82, 2.24) is 15.1 Å². The summed E-state index contributed by atoms with van der Waals surface area (Å²) in [5.74, 6) is 1.30. The van der Waals surface area contributed by atoms with E-state index in [1.807, 2.05) is 41.5 Å². The van der Waals surface area contributed by atoms with E-state index in [9.17, 15) is 4.79 Å². The van der Waals surface area contributed by atoms with Crippen LogP contribution in [-0.2, 0) is 15.3 Å². The monoisotopic (exact) mass is 365 g/mol. The maximum absolute atomic E-state index is 13.0. The summed E-state index contributed by atoms with van der Waals surface area (Å²) in [5, 5.41) is 8.12. The standard InChI is InChI=1S/C16H19N3O3S2/c1-23-11-13-17-18-16(22-13)24-14(12-5-3-2-4-6-12)15(20)19-7-9-21-10-8-19/h2-6,14H,7-11H2,1H3. The van der Waals surface area contributed by atoms with Crippen LogP contribution in [0.25, 0.3) is 0 Å². The number of carbonyl (C=O) groups excluding carboxylic acids is 1. The van der Waals surface area contributed by atoms with Gasteiger partial charge in [0.2, 0.25) is 11.8 Å². The summed E-state index contributed by atoms with van der Waals surface area (Å²) in [4.78, 5) is 14.8. The van der Waals surface area contributed by atoms with Crippen molar-refractivity contribution in [2.75, 3.05) is 32.6 Å².